The summed E-state index contributed by atoms with van der Waals surface area (Å²) in [7, 11) is 0. The van der Waals surface area contributed by atoms with E-state index < -0.39 is 11.7 Å². The van der Waals surface area contributed by atoms with Gasteiger partial charge in [0.2, 0.25) is 0 Å². The van der Waals surface area contributed by atoms with Gasteiger partial charge in [0.05, 0.1) is 5.56 Å². The molecule has 1 aromatic carbocycles. The highest BCUT2D eigenvalue weighted by atomic mass is 79.9. The Bertz CT molecular complexity index is 644. The van der Waals surface area contributed by atoms with Crippen molar-refractivity contribution in [2.45, 2.75) is 0 Å². The average Bonchev–Trinajstić information content (AvgIpc) is 2.38. The Labute approximate surface area is 117 Å². The van der Waals surface area contributed by atoms with Crippen LogP contribution in [0.4, 0.5) is 10.2 Å². The van der Waals surface area contributed by atoms with Crippen molar-refractivity contribution in [3.63, 3.8) is 0 Å². The average molecular weight is 320 g/mol. The SMILES string of the molecule is N#Cc1ccc(NC(=O)c2cc(F)cc(Br)c2)nc1. The minimum Gasteiger partial charge on any atom is -0.307 e. The van der Waals surface area contributed by atoms with Gasteiger partial charge in [0.1, 0.15) is 17.7 Å². The number of nitrogens with one attached hydrogen (secondary N) is 1. The van der Waals surface area contributed by atoms with Crippen LogP contribution < -0.4 is 5.32 Å². The molecule has 1 heterocycles. The molecule has 94 valence electrons. The van der Waals surface area contributed by atoms with Crippen LogP contribution in [0.5, 0.6) is 0 Å². The topological polar surface area (TPSA) is 65.8 Å². The molecule has 0 atom stereocenters. The predicted molar refractivity (Wildman–Crippen MR) is 71.0 cm³/mol. The number of benzene rings is 1. The summed E-state index contributed by atoms with van der Waals surface area (Å²) in [6, 6.07) is 8.85. The Kier molecular flexibility index (Phi) is 3.88. The molecule has 0 spiro atoms. The highest BCUT2D eigenvalue weighted by Crippen LogP contribution is 2.16. The smallest absolute Gasteiger partial charge is 0.256 e. The van der Waals surface area contributed by atoms with E-state index in [4.69, 9.17) is 5.26 Å². The second-order valence-corrected chi connectivity index (χ2v) is 4.57. The number of anilines is 1. The van der Waals surface area contributed by atoms with Crippen LogP contribution in [0.25, 0.3) is 0 Å². The lowest BCUT2D eigenvalue weighted by molar-refractivity contribution is 0.102. The van der Waals surface area contributed by atoms with Crippen molar-refractivity contribution in [2.75, 3.05) is 5.32 Å². The normalized spacial score (nSPS) is 9.74. The van der Waals surface area contributed by atoms with Gasteiger partial charge in [-0.2, -0.15) is 5.26 Å². The zero-order valence-electron chi connectivity index (χ0n) is 9.52. The predicted octanol–water partition coefficient (Wildman–Crippen LogP) is 3.11. The molecule has 6 heteroatoms. The van der Waals surface area contributed by atoms with Crippen molar-refractivity contribution in [3.8, 4) is 6.07 Å². The molecule has 2 rings (SSSR count). The first-order valence-corrected chi connectivity index (χ1v) is 6.01. The van der Waals surface area contributed by atoms with Crippen molar-refractivity contribution >= 4 is 27.7 Å². The van der Waals surface area contributed by atoms with E-state index in [9.17, 15) is 9.18 Å². The van der Waals surface area contributed by atoms with Gasteiger partial charge in [-0.3, -0.25) is 4.79 Å². The summed E-state index contributed by atoms with van der Waals surface area (Å²) in [5.41, 5.74) is 0.574. The molecule has 0 saturated heterocycles. The lowest BCUT2D eigenvalue weighted by atomic mass is 10.2. The number of halogens is 2. The third kappa shape index (κ3) is 3.36. The van der Waals surface area contributed by atoms with Crippen molar-refractivity contribution in [2.24, 2.45) is 0 Å². The molecule has 1 N–H and O–H groups in total. The molecular formula is C13H7BrFN3O. The number of amides is 1. The Morgan fingerprint density at radius 1 is 1.37 bits per heavy atom. The largest absolute Gasteiger partial charge is 0.307 e. The van der Waals surface area contributed by atoms with E-state index in [2.05, 4.69) is 26.2 Å². The summed E-state index contributed by atoms with van der Waals surface area (Å²) in [4.78, 5) is 15.8. The van der Waals surface area contributed by atoms with E-state index in [0.29, 0.717) is 15.9 Å². The first-order chi connectivity index (χ1) is 9.08. The fourth-order valence-corrected chi connectivity index (χ4v) is 1.87. The van der Waals surface area contributed by atoms with E-state index in [1.54, 1.807) is 0 Å². The first-order valence-electron chi connectivity index (χ1n) is 5.22. The summed E-state index contributed by atoms with van der Waals surface area (Å²) >= 11 is 3.11. The maximum absolute atomic E-state index is 13.2. The lowest BCUT2D eigenvalue weighted by Gasteiger charge is -2.05. The molecule has 19 heavy (non-hydrogen) atoms. The maximum Gasteiger partial charge on any atom is 0.256 e. The standard InChI is InChI=1S/C13H7BrFN3O/c14-10-3-9(4-11(15)5-10)13(19)18-12-2-1-8(6-16)7-17-12/h1-5,7H,(H,17,18,19). The fraction of sp³-hybridized carbons (Fsp3) is 0. The molecule has 0 radical (unpaired) electrons. The third-order valence-corrected chi connectivity index (χ3v) is 2.72. The molecule has 0 saturated carbocycles. The summed E-state index contributed by atoms with van der Waals surface area (Å²) in [5.74, 6) is -0.686. The van der Waals surface area contributed by atoms with Gasteiger partial charge in [-0.05, 0) is 30.3 Å². The molecule has 1 aromatic heterocycles. The van der Waals surface area contributed by atoms with Crippen LogP contribution in [0.3, 0.4) is 0 Å². The van der Waals surface area contributed by atoms with Crippen LogP contribution in [0, 0.1) is 17.1 Å². The van der Waals surface area contributed by atoms with Gasteiger partial charge in [0.15, 0.2) is 0 Å². The summed E-state index contributed by atoms with van der Waals surface area (Å²) in [5, 5.41) is 11.1. The molecule has 0 fully saturated rings. The number of carbonyl (C=O) groups is 1. The number of nitrogens with zero attached hydrogens (tertiary/aromatic N) is 2. The van der Waals surface area contributed by atoms with Crippen LogP contribution in [-0.4, -0.2) is 10.9 Å². The quantitative estimate of drug-likeness (QED) is 0.924. The molecule has 0 aliphatic carbocycles. The van der Waals surface area contributed by atoms with Gasteiger partial charge in [0.25, 0.3) is 5.91 Å². The van der Waals surface area contributed by atoms with Crippen molar-refractivity contribution < 1.29 is 9.18 Å². The highest BCUT2D eigenvalue weighted by molar-refractivity contribution is 9.10. The zero-order chi connectivity index (χ0) is 13.8. The van der Waals surface area contributed by atoms with Crippen LogP contribution >= 0.6 is 15.9 Å². The fourth-order valence-electron chi connectivity index (χ4n) is 1.41. The summed E-state index contributed by atoms with van der Waals surface area (Å²) in [6.07, 6.45) is 1.34. The van der Waals surface area contributed by atoms with Gasteiger partial charge in [0, 0.05) is 16.2 Å². The molecular weight excluding hydrogens is 313 g/mol. The second-order valence-electron chi connectivity index (χ2n) is 3.66. The molecule has 0 unspecified atom stereocenters. The summed E-state index contributed by atoms with van der Waals surface area (Å²) in [6.45, 7) is 0. The molecule has 0 aliphatic heterocycles. The van der Waals surface area contributed by atoms with Crippen molar-refractivity contribution in [3.05, 3.63) is 57.9 Å². The van der Waals surface area contributed by atoms with Gasteiger partial charge in [-0.15, -0.1) is 0 Å². The van der Waals surface area contributed by atoms with Gasteiger partial charge < -0.3 is 5.32 Å². The first kappa shape index (κ1) is 13.2. The van der Waals surface area contributed by atoms with Gasteiger partial charge >= 0.3 is 0 Å². The van der Waals surface area contributed by atoms with Crippen LogP contribution in [0.2, 0.25) is 0 Å². The van der Waals surface area contributed by atoms with Gasteiger partial charge in [-0.25, -0.2) is 9.37 Å². The second kappa shape index (κ2) is 5.59. The number of nitriles is 1. The van der Waals surface area contributed by atoms with E-state index in [1.165, 1.54) is 30.5 Å². The van der Waals surface area contributed by atoms with E-state index in [0.717, 1.165) is 6.07 Å². The lowest BCUT2D eigenvalue weighted by Crippen LogP contribution is -2.13. The Hall–Kier alpha value is -2.26. The number of aromatic nitrogens is 1. The molecule has 1 amide bonds. The molecule has 4 nitrogen and oxygen atoms in total. The number of hydrogen-bond acceptors (Lipinski definition) is 3. The Morgan fingerprint density at radius 2 is 2.16 bits per heavy atom. The van der Waals surface area contributed by atoms with Crippen molar-refractivity contribution in [1.29, 1.82) is 5.26 Å². The van der Waals surface area contributed by atoms with Crippen LogP contribution in [-0.2, 0) is 0 Å². The Balaban J connectivity index is 2.18. The summed E-state index contributed by atoms with van der Waals surface area (Å²) < 4.78 is 13.6. The van der Waals surface area contributed by atoms with Crippen LogP contribution in [0.15, 0.2) is 41.0 Å². The number of rotatable bonds is 2. The van der Waals surface area contributed by atoms with E-state index in [1.807, 2.05) is 6.07 Å². The number of carbonyl (C=O) groups excluding carboxylic acids is 1. The molecule has 2 aromatic rings. The molecule has 0 bridgehead atoms. The molecule has 0 aliphatic rings. The van der Waals surface area contributed by atoms with Gasteiger partial charge in [-0.1, -0.05) is 15.9 Å². The Morgan fingerprint density at radius 3 is 2.74 bits per heavy atom. The highest BCUT2D eigenvalue weighted by Gasteiger charge is 2.09. The monoisotopic (exact) mass is 319 g/mol. The van der Waals surface area contributed by atoms with Crippen LogP contribution in [0.1, 0.15) is 15.9 Å². The minimum atomic E-state index is -0.507. The minimum absolute atomic E-state index is 0.179. The van der Waals surface area contributed by atoms with Crippen molar-refractivity contribution in [1.82, 2.24) is 4.98 Å². The number of hydrogen-bond donors (Lipinski definition) is 1. The zero-order valence-corrected chi connectivity index (χ0v) is 11.1. The van der Waals surface area contributed by atoms with E-state index in [-0.39, 0.29) is 5.56 Å². The maximum atomic E-state index is 13.2. The van der Waals surface area contributed by atoms with E-state index >= 15 is 0 Å². The number of pyridine rings is 1. The third-order valence-electron chi connectivity index (χ3n) is 2.26.